The lowest BCUT2D eigenvalue weighted by Gasteiger charge is -2.10. The van der Waals surface area contributed by atoms with E-state index in [1.807, 2.05) is 56.3 Å². The molecule has 2 aromatic carbocycles. The zero-order valence-corrected chi connectivity index (χ0v) is 16.5. The topological polar surface area (TPSA) is 78.9 Å². The minimum Gasteiger partial charge on any atom is -0.354 e. The van der Waals surface area contributed by atoms with Crippen LogP contribution in [-0.2, 0) is 11.2 Å². The number of hydrogen-bond donors (Lipinski definition) is 3. The lowest BCUT2D eigenvalue weighted by Crippen LogP contribution is -2.14. The van der Waals surface area contributed by atoms with Crippen LogP contribution in [0, 0.1) is 6.92 Å². The van der Waals surface area contributed by atoms with Gasteiger partial charge in [-0.3, -0.25) is 4.79 Å². The quantitative estimate of drug-likeness (QED) is 0.535. The predicted molar refractivity (Wildman–Crippen MR) is 114 cm³/mol. The number of hydrogen-bond acceptors (Lipinski definition) is 5. The van der Waals surface area contributed by atoms with E-state index in [0.717, 1.165) is 29.2 Å². The summed E-state index contributed by atoms with van der Waals surface area (Å²) in [5.74, 6) is 1.23. The second-order valence-corrected chi connectivity index (χ2v) is 6.74. The Morgan fingerprint density at radius 3 is 2.36 bits per heavy atom. The van der Waals surface area contributed by atoms with Crippen molar-refractivity contribution in [2.24, 2.45) is 0 Å². The summed E-state index contributed by atoms with van der Waals surface area (Å²) in [7, 11) is 0. The number of carbonyl (C=O) groups excluding carboxylic acids is 1. The number of nitrogens with one attached hydrogen (secondary N) is 3. The van der Waals surface area contributed by atoms with Gasteiger partial charge in [0.1, 0.15) is 5.82 Å². The van der Waals surface area contributed by atoms with Crippen LogP contribution in [0.25, 0.3) is 0 Å². The van der Waals surface area contributed by atoms with Gasteiger partial charge in [-0.05, 0) is 55.8 Å². The number of carbonyl (C=O) groups is 1. The van der Waals surface area contributed by atoms with Gasteiger partial charge in [0.15, 0.2) is 0 Å². The van der Waals surface area contributed by atoms with Gasteiger partial charge in [-0.15, -0.1) is 0 Å². The van der Waals surface area contributed by atoms with E-state index in [-0.39, 0.29) is 5.91 Å². The molecule has 0 fully saturated rings. The molecular formula is C21H22ClN5O. The van der Waals surface area contributed by atoms with Crippen molar-refractivity contribution < 1.29 is 4.79 Å². The van der Waals surface area contributed by atoms with Crippen molar-refractivity contribution in [3.63, 3.8) is 0 Å². The van der Waals surface area contributed by atoms with Crippen molar-refractivity contribution in [1.82, 2.24) is 9.97 Å². The summed E-state index contributed by atoms with van der Waals surface area (Å²) in [6.07, 6.45) is 0.296. The first kappa shape index (κ1) is 19.6. The average molecular weight is 396 g/mol. The number of benzene rings is 2. The van der Waals surface area contributed by atoms with E-state index in [9.17, 15) is 4.79 Å². The van der Waals surface area contributed by atoms with Gasteiger partial charge in [0.25, 0.3) is 0 Å². The fourth-order valence-corrected chi connectivity index (χ4v) is 2.77. The molecule has 28 heavy (non-hydrogen) atoms. The largest absolute Gasteiger partial charge is 0.354 e. The van der Waals surface area contributed by atoms with Crippen LogP contribution >= 0.6 is 11.6 Å². The molecule has 3 N–H and O–H groups in total. The molecule has 0 bridgehead atoms. The third kappa shape index (κ3) is 5.69. The third-order valence-electron chi connectivity index (χ3n) is 3.91. The van der Waals surface area contributed by atoms with Gasteiger partial charge in [0, 0.05) is 34.7 Å². The molecule has 0 radical (unpaired) electrons. The van der Waals surface area contributed by atoms with E-state index in [0.29, 0.717) is 23.2 Å². The van der Waals surface area contributed by atoms with Crippen molar-refractivity contribution in [2.75, 3.05) is 22.5 Å². The molecule has 1 heterocycles. The molecule has 6 nitrogen and oxygen atoms in total. The maximum Gasteiger partial charge on any atom is 0.228 e. The summed E-state index contributed by atoms with van der Waals surface area (Å²) >= 11 is 5.87. The predicted octanol–water partition coefficient (Wildman–Crippen LogP) is 4.80. The maximum absolute atomic E-state index is 12.2. The summed E-state index contributed by atoms with van der Waals surface area (Å²) in [6, 6.07) is 16.6. The summed E-state index contributed by atoms with van der Waals surface area (Å²) in [5, 5.41) is 9.92. The highest BCUT2D eigenvalue weighted by Crippen LogP contribution is 2.19. The fourth-order valence-electron chi connectivity index (χ4n) is 2.65. The standard InChI is InChI=1S/C21H22ClN5O/c1-3-23-21-24-14(2)12-19(27-21)25-17-8-10-18(11-9-17)26-20(28)13-15-4-6-16(22)7-5-15/h4-12H,3,13H2,1-2H3,(H,26,28)(H2,23,24,25,27). The molecule has 0 aliphatic carbocycles. The highest BCUT2D eigenvalue weighted by Gasteiger charge is 2.06. The summed E-state index contributed by atoms with van der Waals surface area (Å²) in [5.41, 5.74) is 3.39. The summed E-state index contributed by atoms with van der Waals surface area (Å²) in [4.78, 5) is 21.0. The van der Waals surface area contributed by atoms with Gasteiger partial charge < -0.3 is 16.0 Å². The van der Waals surface area contributed by atoms with Crippen molar-refractivity contribution in [2.45, 2.75) is 20.3 Å². The smallest absolute Gasteiger partial charge is 0.228 e. The average Bonchev–Trinajstić information content (AvgIpc) is 2.65. The molecule has 0 aliphatic rings. The van der Waals surface area contributed by atoms with Crippen LogP contribution in [0.4, 0.5) is 23.1 Å². The zero-order chi connectivity index (χ0) is 19.9. The maximum atomic E-state index is 12.2. The van der Waals surface area contributed by atoms with E-state index in [1.54, 1.807) is 12.1 Å². The van der Waals surface area contributed by atoms with Crippen LogP contribution in [-0.4, -0.2) is 22.4 Å². The minimum atomic E-state index is -0.0789. The van der Waals surface area contributed by atoms with Crippen LogP contribution < -0.4 is 16.0 Å². The number of amides is 1. The number of rotatable bonds is 7. The van der Waals surface area contributed by atoms with E-state index < -0.39 is 0 Å². The Labute approximate surface area is 169 Å². The fraction of sp³-hybridized carbons (Fsp3) is 0.190. The zero-order valence-electron chi connectivity index (χ0n) is 15.8. The molecular weight excluding hydrogens is 374 g/mol. The SMILES string of the molecule is CCNc1nc(C)cc(Nc2ccc(NC(=O)Cc3ccc(Cl)cc3)cc2)n1. The van der Waals surface area contributed by atoms with Gasteiger partial charge in [-0.25, -0.2) is 4.98 Å². The van der Waals surface area contributed by atoms with Crippen LogP contribution in [0.3, 0.4) is 0 Å². The second-order valence-electron chi connectivity index (χ2n) is 6.30. The first-order valence-electron chi connectivity index (χ1n) is 9.03. The van der Waals surface area contributed by atoms with E-state index in [1.165, 1.54) is 0 Å². The van der Waals surface area contributed by atoms with E-state index >= 15 is 0 Å². The van der Waals surface area contributed by atoms with Gasteiger partial charge in [-0.1, -0.05) is 23.7 Å². The molecule has 144 valence electrons. The number of aromatic nitrogens is 2. The van der Waals surface area contributed by atoms with Crippen molar-refractivity contribution >= 4 is 40.6 Å². The first-order valence-corrected chi connectivity index (χ1v) is 9.40. The highest BCUT2D eigenvalue weighted by atomic mass is 35.5. The van der Waals surface area contributed by atoms with E-state index in [2.05, 4.69) is 25.9 Å². The van der Waals surface area contributed by atoms with Crippen LogP contribution in [0.15, 0.2) is 54.6 Å². The lowest BCUT2D eigenvalue weighted by molar-refractivity contribution is -0.115. The normalized spacial score (nSPS) is 10.4. The van der Waals surface area contributed by atoms with E-state index in [4.69, 9.17) is 11.6 Å². The van der Waals surface area contributed by atoms with Gasteiger partial charge in [-0.2, -0.15) is 4.98 Å². The van der Waals surface area contributed by atoms with Crippen LogP contribution in [0.5, 0.6) is 0 Å². The molecule has 1 aromatic heterocycles. The Bertz CT molecular complexity index is 942. The van der Waals surface area contributed by atoms with Crippen LogP contribution in [0.2, 0.25) is 5.02 Å². The van der Waals surface area contributed by atoms with Gasteiger partial charge >= 0.3 is 0 Å². The Morgan fingerprint density at radius 1 is 1.00 bits per heavy atom. The highest BCUT2D eigenvalue weighted by molar-refractivity contribution is 6.30. The molecule has 0 saturated heterocycles. The van der Waals surface area contributed by atoms with Crippen LogP contribution in [0.1, 0.15) is 18.2 Å². The molecule has 0 saturated carbocycles. The summed E-state index contributed by atoms with van der Waals surface area (Å²) < 4.78 is 0. The summed E-state index contributed by atoms with van der Waals surface area (Å²) in [6.45, 7) is 4.68. The Morgan fingerprint density at radius 2 is 1.68 bits per heavy atom. The number of anilines is 4. The molecule has 0 unspecified atom stereocenters. The number of halogens is 1. The van der Waals surface area contributed by atoms with Crippen molar-refractivity contribution in [3.8, 4) is 0 Å². The monoisotopic (exact) mass is 395 g/mol. The molecule has 1 amide bonds. The molecule has 0 aliphatic heterocycles. The minimum absolute atomic E-state index is 0.0789. The lowest BCUT2D eigenvalue weighted by atomic mass is 10.1. The molecule has 0 atom stereocenters. The first-order chi connectivity index (χ1) is 13.5. The Kier molecular flexibility index (Phi) is 6.45. The molecule has 0 spiro atoms. The molecule has 7 heteroatoms. The van der Waals surface area contributed by atoms with Gasteiger partial charge in [0.2, 0.25) is 11.9 Å². The Balaban J connectivity index is 1.60. The van der Waals surface area contributed by atoms with Crippen molar-refractivity contribution in [3.05, 3.63) is 70.9 Å². The molecule has 3 aromatic rings. The molecule has 3 rings (SSSR count). The van der Waals surface area contributed by atoms with Gasteiger partial charge in [0.05, 0.1) is 6.42 Å². The number of nitrogens with zero attached hydrogens (tertiary/aromatic N) is 2. The third-order valence-corrected chi connectivity index (χ3v) is 4.16. The second kappa shape index (κ2) is 9.19. The Hall–Kier alpha value is -3.12. The number of aryl methyl sites for hydroxylation is 1. The van der Waals surface area contributed by atoms with Crippen molar-refractivity contribution in [1.29, 1.82) is 0 Å².